The van der Waals surface area contributed by atoms with Crippen molar-refractivity contribution in [2.75, 3.05) is 0 Å². The molecule has 1 atom stereocenters. The average molecular weight is 265 g/mol. The lowest BCUT2D eigenvalue weighted by molar-refractivity contribution is -0.117. The van der Waals surface area contributed by atoms with Crippen LogP contribution in [0.25, 0.3) is 5.69 Å². The normalized spacial score (nSPS) is 12.3. The molecule has 0 saturated heterocycles. The molecule has 2 aromatic rings. The Balaban J connectivity index is 2.30. The van der Waals surface area contributed by atoms with Crippen LogP contribution in [0.4, 0.5) is 4.39 Å². The average Bonchev–Trinajstić information content (AvgIpc) is 2.77. The van der Waals surface area contributed by atoms with Crippen LogP contribution in [-0.2, 0) is 4.79 Å². The summed E-state index contributed by atoms with van der Waals surface area (Å²) in [5.74, 6) is -0.728. The van der Waals surface area contributed by atoms with Gasteiger partial charge in [0.05, 0.1) is 10.9 Å². The predicted molar refractivity (Wildman–Crippen MR) is 68.0 cm³/mol. The number of carbonyl (C=O) groups excluding carboxylic acids is 1. The molecule has 1 aromatic carbocycles. The summed E-state index contributed by atoms with van der Waals surface area (Å²) in [6.45, 7) is 1.71. The molecule has 0 aliphatic carbocycles. The number of hydrogen-bond acceptors (Lipinski definition) is 3. The van der Waals surface area contributed by atoms with Gasteiger partial charge in [0.1, 0.15) is 5.82 Å². The number of thioether (sulfide) groups is 1. The third-order valence-electron chi connectivity index (χ3n) is 2.38. The van der Waals surface area contributed by atoms with Crippen LogP contribution in [0.3, 0.4) is 0 Å². The van der Waals surface area contributed by atoms with Gasteiger partial charge >= 0.3 is 0 Å². The number of hydrogen-bond donors (Lipinski definition) is 1. The molecule has 4 nitrogen and oxygen atoms in total. The minimum absolute atomic E-state index is 0.319. The number of aromatic nitrogens is 2. The zero-order valence-electron chi connectivity index (χ0n) is 9.71. The second-order valence-electron chi connectivity index (χ2n) is 3.72. The van der Waals surface area contributed by atoms with E-state index in [0.717, 1.165) is 0 Å². The number of amides is 1. The molecule has 2 N–H and O–H groups in total. The molecule has 0 saturated carbocycles. The number of primary amides is 1. The Hall–Kier alpha value is -1.82. The molecule has 18 heavy (non-hydrogen) atoms. The number of benzene rings is 1. The van der Waals surface area contributed by atoms with Crippen molar-refractivity contribution >= 4 is 17.7 Å². The van der Waals surface area contributed by atoms with Gasteiger partial charge in [-0.05, 0) is 25.1 Å². The van der Waals surface area contributed by atoms with Crippen molar-refractivity contribution < 1.29 is 9.18 Å². The molecule has 0 bridgehead atoms. The number of nitrogens with zero attached hydrogens (tertiary/aromatic N) is 2. The lowest BCUT2D eigenvalue weighted by atomic mass is 10.3. The highest BCUT2D eigenvalue weighted by molar-refractivity contribution is 8.00. The van der Waals surface area contributed by atoms with Crippen LogP contribution in [0.5, 0.6) is 0 Å². The Labute approximate surface area is 108 Å². The smallest absolute Gasteiger partial charge is 0.230 e. The summed E-state index contributed by atoms with van der Waals surface area (Å²) >= 11 is 1.24. The first kappa shape index (κ1) is 12.6. The molecule has 0 unspecified atom stereocenters. The molecule has 2 rings (SSSR count). The van der Waals surface area contributed by atoms with E-state index in [9.17, 15) is 9.18 Å². The molecule has 94 valence electrons. The minimum atomic E-state index is -0.409. The molecular weight excluding hydrogens is 253 g/mol. The summed E-state index contributed by atoms with van der Waals surface area (Å²) in [7, 11) is 0. The summed E-state index contributed by atoms with van der Waals surface area (Å²) in [4.78, 5) is 15.2. The lowest BCUT2D eigenvalue weighted by Gasteiger charge is -2.10. The number of halogens is 1. The van der Waals surface area contributed by atoms with Crippen LogP contribution < -0.4 is 5.73 Å². The van der Waals surface area contributed by atoms with Crippen LogP contribution in [0.1, 0.15) is 6.92 Å². The van der Waals surface area contributed by atoms with Crippen molar-refractivity contribution in [1.29, 1.82) is 0 Å². The van der Waals surface area contributed by atoms with Gasteiger partial charge in [0.25, 0.3) is 0 Å². The fraction of sp³-hybridized carbons (Fsp3) is 0.167. The summed E-state index contributed by atoms with van der Waals surface area (Å²) in [6, 6.07) is 6.17. The zero-order valence-corrected chi connectivity index (χ0v) is 10.5. The topological polar surface area (TPSA) is 60.9 Å². The molecular formula is C12H12FN3OS. The van der Waals surface area contributed by atoms with E-state index in [1.807, 2.05) is 0 Å². The van der Waals surface area contributed by atoms with E-state index in [4.69, 9.17) is 5.73 Å². The van der Waals surface area contributed by atoms with E-state index in [-0.39, 0.29) is 11.1 Å². The van der Waals surface area contributed by atoms with Gasteiger partial charge in [-0.15, -0.1) is 0 Å². The summed E-state index contributed by atoms with van der Waals surface area (Å²) < 4.78 is 14.9. The van der Waals surface area contributed by atoms with Crippen molar-refractivity contribution in [3.8, 4) is 5.69 Å². The van der Waals surface area contributed by atoms with Gasteiger partial charge in [-0.25, -0.2) is 9.37 Å². The van der Waals surface area contributed by atoms with Crippen LogP contribution in [0.15, 0.2) is 41.8 Å². The monoisotopic (exact) mass is 265 g/mol. The molecule has 0 aliphatic heterocycles. The third-order valence-corrected chi connectivity index (χ3v) is 3.47. The highest BCUT2D eigenvalue weighted by atomic mass is 32.2. The molecule has 1 heterocycles. The molecule has 0 spiro atoms. The van der Waals surface area contributed by atoms with Gasteiger partial charge in [0.15, 0.2) is 5.16 Å². The van der Waals surface area contributed by atoms with Crippen LogP contribution >= 0.6 is 11.8 Å². The maximum Gasteiger partial charge on any atom is 0.230 e. The Bertz CT molecular complexity index is 570. The largest absolute Gasteiger partial charge is 0.369 e. The van der Waals surface area contributed by atoms with Gasteiger partial charge in [-0.1, -0.05) is 17.8 Å². The number of imidazole rings is 1. The van der Waals surface area contributed by atoms with E-state index in [1.54, 1.807) is 36.0 Å². The van der Waals surface area contributed by atoms with E-state index < -0.39 is 5.91 Å². The summed E-state index contributed by atoms with van der Waals surface area (Å²) in [5, 5.41) is 0.214. The Morgan fingerprint density at radius 1 is 1.56 bits per heavy atom. The number of rotatable bonds is 4. The highest BCUT2D eigenvalue weighted by Gasteiger charge is 2.14. The summed E-state index contributed by atoms with van der Waals surface area (Å²) in [6.07, 6.45) is 3.31. The first-order valence-corrected chi connectivity index (χ1v) is 6.21. The van der Waals surface area contributed by atoms with Crippen molar-refractivity contribution in [1.82, 2.24) is 9.55 Å². The van der Waals surface area contributed by atoms with Gasteiger partial charge in [-0.2, -0.15) is 0 Å². The van der Waals surface area contributed by atoms with Gasteiger partial charge < -0.3 is 5.73 Å². The zero-order chi connectivity index (χ0) is 13.1. The van der Waals surface area contributed by atoms with Crippen molar-refractivity contribution in [2.45, 2.75) is 17.3 Å². The maximum atomic E-state index is 13.2. The number of carbonyl (C=O) groups is 1. The Kier molecular flexibility index (Phi) is 3.66. The minimum Gasteiger partial charge on any atom is -0.369 e. The SMILES string of the molecule is C[C@@H](Sc1nccn1-c1cccc(F)c1)C(N)=O. The van der Waals surface area contributed by atoms with Gasteiger partial charge in [-0.3, -0.25) is 9.36 Å². The molecule has 0 radical (unpaired) electrons. The van der Waals surface area contributed by atoms with E-state index in [0.29, 0.717) is 10.8 Å². The van der Waals surface area contributed by atoms with Crippen LogP contribution in [0.2, 0.25) is 0 Å². The Morgan fingerprint density at radius 3 is 3.00 bits per heavy atom. The van der Waals surface area contributed by atoms with E-state index in [1.165, 1.54) is 23.9 Å². The van der Waals surface area contributed by atoms with Gasteiger partial charge in [0, 0.05) is 12.4 Å². The predicted octanol–water partition coefficient (Wildman–Crippen LogP) is 1.98. The maximum absolute atomic E-state index is 13.2. The van der Waals surface area contributed by atoms with Crippen molar-refractivity contribution in [2.24, 2.45) is 5.73 Å². The van der Waals surface area contributed by atoms with E-state index >= 15 is 0 Å². The Morgan fingerprint density at radius 2 is 2.33 bits per heavy atom. The fourth-order valence-corrected chi connectivity index (χ4v) is 2.25. The molecule has 1 amide bonds. The first-order valence-electron chi connectivity index (χ1n) is 5.33. The standard InChI is InChI=1S/C12H12FN3OS/c1-8(11(14)17)18-12-15-5-6-16(12)10-4-2-3-9(13)7-10/h2-8H,1H3,(H2,14,17)/t8-/m1/s1. The van der Waals surface area contributed by atoms with Crippen molar-refractivity contribution in [3.05, 3.63) is 42.5 Å². The number of nitrogens with two attached hydrogens (primary N) is 1. The van der Waals surface area contributed by atoms with E-state index in [2.05, 4.69) is 4.98 Å². The fourth-order valence-electron chi connectivity index (χ4n) is 1.42. The molecule has 6 heteroatoms. The van der Waals surface area contributed by atoms with Gasteiger partial charge in [0.2, 0.25) is 5.91 Å². The first-order chi connectivity index (χ1) is 8.58. The molecule has 0 fully saturated rings. The lowest BCUT2D eigenvalue weighted by Crippen LogP contribution is -2.22. The van der Waals surface area contributed by atoms with Crippen molar-refractivity contribution in [3.63, 3.8) is 0 Å². The molecule has 0 aliphatic rings. The molecule has 1 aromatic heterocycles. The van der Waals surface area contributed by atoms with Crippen LogP contribution in [0, 0.1) is 5.82 Å². The third kappa shape index (κ3) is 2.70. The summed E-state index contributed by atoms with van der Waals surface area (Å²) in [5.41, 5.74) is 5.87. The second-order valence-corrected chi connectivity index (χ2v) is 5.03. The van der Waals surface area contributed by atoms with Crippen LogP contribution in [-0.4, -0.2) is 20.7 Å². The second kappa shape index (κ2) is 5.22. The highest BCUT2D eigenvalue weighted by Crippen LogP contribution is 2.24. The quantitative estimate of drug-likeness (QED) is 0.860.